The van der Waals surface area contributed by atoms with Gasteiger partial charge in [-0.1, -0.05) is 36.2 Å². The van der Waals surface area contributed by atoms with Gasteiger partial charge in [0.1, 0.15) is 0 Å². The van der Waals surface area contributed by atoms with E-state index in [2.05, 4.69) is 27.6 Å². The summed E-state index contributed by atoms with van der Waals surface area (Å²) in [5.74, 6) is 0.944. The van der Waals surface area contributed by atoms with Crippen LogP contribution in [0.15, 0.2) is 41.7 Å². The van der Waals surface area contributed by atoms with Crippen molar-refractivity contribution in [2.45, 2.75) is 25.8 Å². The Bertz CT molecular complexity index is 635. The molecule has 2 rings (SSSR count). The van der Waals surface area contributed by atoms with Gasteiger partial charge in [0.2, 0.25) is 0 Å². The normalized spacial score (nSPS) is 12.9. The van der Waals surface area contributed by atoms with Crippen molar-refractivity contribution in [3.63, 3.8) is 0 Å². The van der Waals surface area contributed by atoms with Crippen LogP contribution in [0.4, 0.5) is 0 Å². The molecular weight excluding hydrogens is 345 g/mol. The summed E-state index contributed by atoms with van der Waals surface area (Å²) in [4.78, 5) is 4.24. The number of aliphatic imine (C=N–C) groups is 1. The molecule has 0 fully saturated rings. The zero-order valence-electron chi connectivity index (χ0n) is 14.0. The molecule has 1 unspecified atom stereocenters. The minimum absolute atomic E-state index is 0.175. The molecule has 0 saturated carbocycles. The van der Waals surface area contributed by atoms with Crippen molar-refractivity contribution in [3.8, 4) is 0 Å². The average Bonchev–Trinajstić information content (AvgIpc) is 3.07. The fourth-order valence-electron chi connectivity index (χ4n) is 2.43. The number of guanidine groups is 1. The van der Waals surface area contributed by atoms with E-state index in [9.17, 15) is 0 Å². The number of hydrogen-bond acceptors (Lipinski definition) is 2. The van der Waals surface area contributed by atoms with Gasteiger partial charge in [-0.05, 0) is 30.2 Å². The van der Waals surface area contributed by atoms with Gasteiger partial charge in [0.05, 0.1) is 0 Å². The lowest BCUT2D eigenvalue weighted by Gasteiger charge is -2.18. The van der Waals surface area contributed by atoms with Gasteiger partial charge in [0, 0.05) is 55.0 Å². The van der Waals surface area contributed by atoms with E-state index in [0.717, 1.165) is 31.0 Å². The molecule has 1 aromatic heterocycles. The number of halogens is 2. The molecule has 0 bridgehead atoms. The molecule has 0 radical (unpaired) electrons. The van der Waals surface area contributed by atoms with Crippen LogP contribution in [0.1, 0.15) is 24.8 Å². The highest BCUT2D eigenvalue weighted by molar-refractivity contribution is 6.36. The lowest BCUT2D eigenvalue weighted by Crippen LogP contribution is -2.39. The summed E-state index contributed by atoms with van der Waals surface area (Å²) >= 11 is 12.5. The standard InChI is InChI=1S/C17H23Cl2N5/c1-13(16-14(18)6-3-7-15(16)19)12-22-17(20-2)21-8-4-10-24-11-5-9-23-24/h3,5-7,9,11,13H,4,8,10,12H2,1-2H3,(H2,20,21,22). The summed E-state index contributed by atoms with van der Waals surface area (Å²) in [5, 5.41) is 12.2. The molecule has 7 heteroatoms. The first-order valence-electron chi connectivity index (χ1n) is 7.97. The fraction of sp³-hybridized carbons (Fsp3) is 0.412. The molecule has 24 heavy (non-hydrogen) atoms. The second kappa shape index (κ2) is 9.55. The van der Waals surface area contributed by atoms with E-state index in [1.807, 2.05) is 35.1 Å². The maximum absolute atomic E-state index is 6.26. The summed E-state index contributed by atoms with van der Waals surface area (Å²) in [6.45, 7) is 4.48. The minimum atomic E-state index is 0.175. The lowest BCUT2D eigenvalue weighted by atomic mass is 10.0. The molecule has 1 heterocycles. The average molecular weight is 368 g/mol. The van der Waals surface area contributed by atoms with E-state index >= 15 is 0 Å². The Morgan fingerprint density at radius 2 is 2.00 bits per heavy atom. The smallest absolute Gasteiger partial charge is 0.190 e. The number of hydrogen-bond donors (Lipinski definition) is 2. The minimum Gasteiger partial charge on any atom is -0.356 e. The third-order valence-corrected chi connectivity index (χ3v) is 4.37. The Labute approximate surface area is 153 Å². The van der Waals surface area contributed by atoms with Crippen LogP contribution < -0.4 is 10.6 Å². The number of nitrogens with zero attached hydrogens (tertiary/aromatic N) is 3. The highest BCUT2D eigenvalue weighted by atomic mass is 35.5. The molecule has 2 N–H and O–H groups in total. The largest absolute Gasteiger partial charge is 0.356 e. The highest BCUT2D eigenvalue weighted by Crippen LogP contribution is 2.30. The van der Waals surface area contributed by atoms with Gasteiger partial charge in [-0.15, -0.1) is 0 Å². The molecule has 0 spiro atoms. The van der Waals surface area contributed by atoms with E-state index in [4.69, 9.17) is 23.2 Å². The van der Waals surface area contributed by atoms with E-state index in [1.54, 1.807) is 13.2 Å². The Hall–Kier alpha value is -1.72. The summed E-state index contributed by atoms with van der Waals surface area (Å²) < 4.78 is 1.92. The summed E-state index contributed by atoms with van der Waals surface area (Å²) in [5.41, 5.74) is 0.961. The summed E-state index contributed by atoms with van der Waals surface area (Å²) in [6, 6.07) is 7.51. The first kappa shape index (κ1) is 18.6. The SMILES string of the molecule is CN=C(NCCCn1cccn1)NCC(C)c1c(Cl)cccc1Cl. The van der Waals surface area contributed by atoms with Crippen LogP contribution in [0.25, 0.3) is 0 Å². The molecule has 0 aliphatic heterocycles. The molecule has 0 saturated heterocycles. The molecule has 0 aliphatic carbocycles. The Kier molecular flexibility index (Phi) is 7.40. The third-order valence-electron chi connectivity index (χ3n) is 3.71. The highest BCUT2D eigenvalue weighted by Gasteiger charge is 2.13. The Morgan fingerprint density at radius 1 is 1.25 bits per heavy atom. The summed E-state index contributed by atoms with van der Waals surface area (Å²) in [7, 11) is 1.76. The van der Waals surface area contributed by atoms with Crippen molar-refractivity contribution in [2.24, 2.45) is 4.99 Å². The first-order chi connectivity index (χ1) is 11.6. The van der Waals surface area contributed by atoms with Crippen molar-refractivity contribution in [1.29, 1.82) is 0 Å². The predicted octanol–water partition coefficient (Wildman–Crippen LogP) is 3.55. The molecule has 5 nitrogen and oxygen atoms in total. The van der Waals surface area contributed by atoms with E-state index < -0.39 is 0 Å². The number of rotatable bonds is 7. The molecule has 0 amide bonds. The third kappa shape index (κ3) is 5.42. The second-order valence-corrected chi connectivity index (χ2v) is 6.35. The lowest BCUT2D eigenvalue weighted by molar-refractivity contribution is 0.569. The zero-order valence-corrected chi connectivity index (χ0v) is 15.5. The number of aromatic nitrogens is 2. The van der Waals surface area contributed by atoms with Crippen molar-refractivity contribution < 1.29 is 0 Å². The van der Waals surface area contributed by atoms with Gasteiger partial charge in [-0.2, -0.15) is 5.10 Å². The second-order valence-electron chi connectivity index (χ2n) is 5.54. The maximum Gasteiger partial charge on any atom is 0.190 e. The fourth-order valence-corrected chi connectivity index (χ4v) is 3.20. The number of nitrogens with one attached hydrogen (secondary N) is 2. The Balaban J connectivity index is 1.76. The van der Waals surface area contributed by atoms with Gasteiger partial charge in [0.15, 0.2) is 5.96 Å². The van der Waals surface area contributed by atoms with Gasteiger partial charge >= 0.3 is 0 Å². The van der Waals surface area contributed by atoms with Crippen LogP contribution >= 0.6 is 23.2 Å². The Morgan fingerprint density at radius 3 is 2.62 bits per heavy atom. The predicted molar refractivity (Wildman–Crippen MR) is 101 cm³/mol. The van der Waals surface area contributed by atoms with Gasteiger partial charge < -0.3 is 10.6 Å². The molecule has 2 aromatic rings. The maximum atomic E-state index is 6.26. The molecule has 1 aromatic carbocycles. The van der Waals surface area contributed by atoms with Crippen LogP contribution in [0.5, 0.6) is 0 Å². The monoisotopic (exact) mass is 367 g/mol. The van der Waals surface area contributed by atoms with Crippen molar-refractivity contribution in [3.05, 3.63) is 52.3 Å². The van der Waals surface area contributed by atoms with Crippen LogP contribution in [-0.4, -0.2) is 35.9 Å². The van der Waals surface area contributed by atoms with Crippen molar-refractivity contribution >= 4 is 29.2 Å². The summed E-state index contributed by atoms with van der Waals surface area (Å²) in [6.07, 6.45) is 4.71. The molecule has 130 valence electrons. The van der Waals surface area contributed by atoms with Gasteiger partial charge in [-0.25, -0.2) is 0 Å². The van der Waals surface area contributed by atoms with Gasteiger partial charge in [0.25, 0.3) is 0 Å². The molecule has 0 aliphatic rings. The van der Waals surface area contributed by atoms with E-state index in [0.29, 0.717) is 16.6 Å². The molecule has 1 atom stereocenters. The van der Waals surface area contributed by atoms with Crippen molar-refractivity contribution in [2.75, 3.05) is 20.1 Å². The number of aryl methyl sites for hydroxylation is 1. The molecular formula is C17H23Cl2N5. The van der Waals surface area contributed by atoms with E-state index in [1.165, 1.54) is 0 Å². The van der Waals surface area contributed by atoms with Crippen LogP contribution in [0.2, 0.25) is 10.0 Å². The quantitative estimate of drug-likeness (QED) is 0.447. The number of benzene rings is 1. The first-order valence-corrected chi connectivity index (χ1v) is 8.73. The van der Waals surface area contributed by atoms with Crippen LogP contribution in [0.3, 0.4) is 0 Å². The topological polar surface area (TPSA) is 54.2 Å². The van der Waals surface area contributed by atoms with Crippen LogP contribution in [0, 0.1) is 0 Å². The van der Waals surface area contributed by atoms with Gasteiger partial charge in [-0.3, -0.25) is 9.67 Å². The zero-order chi connectivity index (χ0) is 17.4. The van der Waals surface area contributed by atoms with Crippen molar-refractivity contribution in [1.82, 2.24) is 20.4 Å². The van der Waals surface area contributed by atoms with Crippen LogP contribution in [-0.2, 0) is 6.54 Å². The van der Waals surface area contributed by atoms with E-state index in [-0.39, 0.29) is 5.92 Å².